The number of anilines is 1. The second-order valence-electron chi connectivity index (χ2n) is 8.11. The Kier molecular flexibility index (Phi) is 5.92. The Morgan fingerprint density at radius 2 is 2.11 bits per heavy atom. The first-order valence-corrected chi connectivity index (χ1v) is 11.3. The maximum atomic E-state index is 12.5. The normalized spacial score (nSPS) is 28.5. The highest BCUT2D eigenvalue weighted by atomic mass is 32.2. The van der Waals surface area contributed by atoms with Crippen LogP contribution >= 0.6 is 11.8 Å². The number of amides is 1. The second kappa shape index (κ2) is 8.39. The molecule has 0 aromatic carbocycles. The fourth-order valence-electron chi connectivity index (χ4n) is 5.10. The monoisotopic (exact) mass is 393 g/mol. The molecule has 4 rings (SSSR count). The van der Waals surface area contributed by atoms with Gasteiger partial charge in [0.25, 0.3) is 0 Å². The second-order valence-corrected chi connectivity index (χ2v) is 9.05. The molecule has 27 heavy (non-hydrogen) atoms. The van der Waals surface area contributed by atoms with E-state index in [0.717, 1.165) is 55.8 Å². The molecule has 0 spiro atoms. The van der Waals surface area contributed by atoms with Crippen LogP contribution in [0.25, 0.3) is 0 Å². The van der Waals surface area contributed by atoms with Gasteiger partial charge in [0.2, 0.25) is 11.9 Å². The largest absolute Gasteiger partial charge is 0.378 e. The summed E-state index contributed by atoms with van der Waals surface area (Å²) in [4.78, 5) is 14.7. The average molecular weight is 394 g/mol. The van der Waals surface area contributed by atoms with E-state index in [1.54, 1.807) is 0 Å². The molecular weight excluding hydrogens is 362 g/mol. The molecular formula is C19H31N5O2S. The molecule has 7 nitrogen and oxygen atoms in total. The molecule has 2 aliphatic carbocycles. The summed E-state index contributed by atoms with van der Waals surface area (Å²) < 4.78 is 7.52. The van der Waals surface area contributed by atoms with Crippen molar-refractivity contribution in [2.75, 3.05) is 37.0 Å². The van der Waals surface area contributed by atoms with E-state index in [9.17, 15) is 4.79 Å². The molecule has 2 heterocycles. The van der Waals surface area contributed by atoms with Crippen LogP contribution in [-0.4, -0.2) is 58.8 Å². The maximum absolute atomic E-state index is 12.5. The first-order valence-electron chi connectivity index (χ1n) is 10.3. The number of hydrogen-bond acceptors (Lipinski definition) is 6. The fourth-order valence-corrected chi connectivity index (χ4v) is 5.91. The predicted molar refractivity (Wildman–Crippen MR) is 106 cm³/mol. The standard InChI is InChI=1S/C19H31N5O2S/c1-3-24-18(23-6-8-26-9-7-23)21-22-19(24)27-12-17(25)20-13(2)16-11-14-4-5-15(16)10-14/h13-16H,3-12H2,1-2H3,(H,20,25)/t13-,14-,15-,16-/m0/s1. The summed E-state index contributed by atoms with van der Waals surface area (Å²) in [6, 6.07) is 0.279. The Bertz CT molecular complexity index is 661. The van der Waals surface area contributed by atoms with Gasteiger partial charge in [0.1, 0.15) is 0 Å². The number of carbonyl (C=O) groups excluding carboxylic acids is 1. The van der Waals surface area contributed by atoms with Crippen LogP contribution in [-0.2, 0) is 16.1 Å². The van der Waals surface area contributed by atoms with Crippen LogP contribution in [0.3, 0.4) is 0 Å². The molecule has 8 heteroatoms. The van der Waals surface area contributed by atoms with Crippen LogP contribution in [0.4, 0.5) is 5.95 Å². The van der Waals surface area contributed by atoms with Crippen LogP contribution < -0.4 is 10.2 Å². The van der Waals surface area contributed by atoms with E-state index in [0.29, 0.717) is 11.7 Å². The molecule has 150 valence electrons. The van der Waals surface area contributed by atoms with Crippen LogP contribution in [0.2, 0.25) is 0 Å². The predicted octanol–water partition coefficient (Wildman–Crippen LogP) is 2.17. The van der Waals surface area contributed by atoms with Crippen molar-refractivity contribution >= 4 is 23.6 Å². The molecule has 1 aromatic heterocycles. The van der Waals surface area contributed by atoms with E-state index >= 15 is 0 Å². The number of ether oxygens (including phenoxy) is 1. The minimum atomic E-state index is 0.105. The van der Waals surface area contributed by atoms with Gasteiger partial charge in [0, 0.05) is 25.7 Å². The fraction of sp³-hybridized carbons (Fsp3) is 0.842. The number of hydrogen-bond donors (Lipinski definition) is 1. The quantitative estimate of drug-likeness (QED) is 0.716. The maximum Gasteiger partial charge on any atom is 0.230 e. The average Bonchev–Trinajstić information content (AvgIpc) is 3.42. The van der Waals surface area contributed by atoms with Crippen molar-refractivity contribution in [3.8, 4) is 0 Å². The molecule has 1 aliphatic heterocycles. The molecule has 0 radical (unpaired) electrons. The van der Waals surface area contributed by atoms with E-state index in [1.165, 1.54) is 37.4 Å². The van der Waals surface area contributed by atoms with Gasteiger partial charge in [-0.1, -0.05) is 18.2 Å². The first-order chi connectivity index (χ1) is 13.2. The zero-order chi connectivity index (χ0) is 18.8. The molecule has 3 aliphatic rings. The third-order valence-corrected chi connectivity index (χ3v) is 7.43. The minimum Gasteiger partial charge on any atom is -0.378 e. The Morgan fingerprint density at radius 1 is 1.30 bits per heavy atom. The van der Waals surface area contributed by atoms with Gasteiger partial charge in [-0.05, 0) is 50.9 Å². The number of carbonyl (C=O) groups is 1. The smallest absolute Gasteiger partial charge is 0.230 e. The highest BCUT2D eigenvalue weighted by Crippen LogP contribution is 2.49. The number of fused-ring (bicyclic) bond motifs is 2. The van der Waals surface area contributed by atoms with Gasteiger partial charge in [-0.2, -0.15) is 0 Å². The SMILES string of the molecule is CCn1c(SCC(=O)N[C@@H](C)[C@@H]2C[C@H]3CC[C@H]2C3)nnc1N1CCOCC1. The lowest BCUT2D eigenvalue weighted by Gasteiger charge is -2.28. The number of nitrogens with one attached hydrogen (secondary N) is 1. The zero-order valence-corrected chi connectivity index (χ0v) is 17.2. The lowest BCUT2D eigenvalue weighted by molar-refractivity contribution is -0.119. The molecule has 2 bridgehead atoms. The highest BCUT2D eigenvalue weighted by molar-refractivity contribution is 7.99. The lowest BCUT2D eigenvalue weighted by Crippen LogP contribution is -2.41. The summed E-state index contributed by atoms with van der Waals surface area (Å²) in [6.07, 6.45) is 5.43. The summed E-state index contributed by atoms with van der Waals surface area (Å²) in [6.45, 7) is 8.19. The van der Waals surface area contributed by atoms with Crippen molar-refractivity contribution in [1.29, 1.82) is 0 Å². The number of nitrogens with zero attached hydrogens (tertiary/aromatic N) is 4. The molecule has 0 unspecified atom stereocenters. The van der Waals surface area contributed by atoms with E-state index in [-0.39, 0.29) is 11.9 Å². The zero-order valence-electron chi connectivity index (χ0n) is 16.4. The van der Waals surface area contributed by atoms with Gasteiger partial charge >= 0.3 is 0 Å². The summed E-state index contributed by atoms with van der Waals surface area (Å²) in [5, 5.41) is 12.8. The third-order valence-electron chi connectivity index (χ3n) is 6.46. The number of morpholine rings is 1. The Balaban J connectivity index is 1.30. The Hall–Kier alpha value is -1.28. The van der Waals surface area contributed by atoms with E-state index < -0.39 is 0 Å². The van der Waals surface area contributed by atoms with Crippen LogP contribution in [0.15, 0.2) is 5.16 Å². The number of rotatable bonds is 7. The van der Waals surface area contributed by atoms with Crippen molar-refractivity contribution in [3.63, 3.8) is 0 Å². The van der Waals surface area contributed by atoms with Crippen molar-refractivity contribution in [2.24, 2.45) is 17.8 Å². The first kappa shape index (κ1) is 19.1. The van der Waals surface area contributed by atoms with Crippen LogP contribution in [0, 0.1) is 17.8 Å². The third kappa shape index (κ3) is 4.11. The van der Waals surface area contributed by atoms with Crippen molar-refractivity contribution in [3.05, 3.63) is 0 Å². The van der Waals surface area contributed by atoms with Gasteiger partial charge in [-0.3, -0.25) is 9.36 Å². The lowest BCUT2D eigenvalue weighted by atomic mass is 9.84. The molecule has 1 N–H and O–H groups in total. The van der Waals surface area contributed by atoms with Gasteiger partial charge in [0.05, 0.1) is 19.0 Å². The van der Waals surface area contributed by atoms with E-state index in [2.05, 4.69) is 38.8 Å². The summed E-state index contributed by atoms with van der Waals surface area (Å²) in [5.74, 6) is 3.80. The molecule has 3 fully saturated rings. The highest BCUT2D eigenvalue weighted by Gasteiger charge is 2.42. The van der Waals surface area contributed by atoms with Gasteiger partial charge in [-0.25, -0.2) is 0 Å². The van der Waals surface area contributed by atoms with Crippen molar-refractivity contribution in [2.45, 2.75) is 57.3 Å². The van der Waals surface area contributed by atoms with Gasteiger partial charge in [0.15, 0.2) is 5.16 Å². The van der Waals surface area contributed by atoms with Crippen LogP contribution in [0.1, 0.15) is 39.5 Å². The van der Waals surface area contributed by atoms with Crippen molar-refractivity contribution in [1.82, 2.24) is 20.1 Å². The summed E-state index contributed by atoms with van der Waals surface area (Å²) in [7, 11) is 0. The van der Waals surface area contributed by atoms with E-state index in [1.807, 2.05) is 0 Å². The Labute approximate surface area is 165 Å². The number of thioether (sulfide) groups is 1. The van der Waals surface area contributed by atoms with E-state index in [4.69, 9.17) is 4.74 Å². The molecule has 1 aromatic rings. The van der Waals surface area contributed by atoms with Gasteiger partial charge < -0.3 is 15.0 Å². The van der Waals surface area contributed by atoms with Crippen molar-refractivity contribution < 1.29 is 9.53 Å². The van der Waals surface area contributed by atoms with Crippen LogP contribution in [0.5, 0.6) is 0 Å². The Morgan fingerprint density at radius 3 is 2.78 bits per heavy atom. The molecule has 1 saturated heterocycles. The molecule has 2 saturated carbocycles. The minimum absolute atomic E-state index is 0.105. The number of aromatic nitrogens is 3. The molecule has 1 amide bonds. The topological polar surface area (TPSA) is 72.3 Å². The summed E-state index contributed by atoms with van der Waals surface area (Å²) >= 11 is 1.48. The molecule has 4 atom stereocenters. The van der Waals surface area contributed by atoms with Gasteiger partial charge in [-0.15, -0.1) is 10.2 Å². The summed E-state index contributed by atoms with van der Waals surface area (Å²) in [5.41, 5.74) is 0.